The topological polar surface area (TPSA) is 69.6 Å². The number of aliphatic hydroxyl groups is 2. The van der Waals surface area contributed by atoms with E-state index in [1.807, 2.05) is 6.08 Å². The van der Waals surface area contributed by atoms with Crippen LogP contribution >= 0.6 is 0 Å². The first-order valence-corrected chi connectivity index (χ1v) is 22.9. The molecule has 4 nitrogen and oxygen atoms in total. The van der Waals surface area contributed by atoms with Crippen LogP contribution in [0, 0.1) is 0 Å². The molecule has 2 unspecified atom stereocenters. The fourth-order valence-corrected chi connectivity index (χ4v) is 6.75. The van der Waals surface area contributed by atoms with Crippen LogP contribution in [0.15, 0.2) is 48.6 Å². The van der Waals surface area contributed by atoms with Gasteiger partial charge in [-0.25, -0.2) is 0 Å². The molecule has 0 fully saturated rings. The molecule has 0 heterocycles. The highest BCUT2D eigenvalue weighted by molar-refractivity contribution is 5.76. The third kappa shape index (κ3) is 39.6. The van der Waals surface area contributed by atoms with Crippen LogP contribution in [0.2, 0.25) is 0 Å². The standard InChI is InChI=1S/C48H89NO3/c1-3-5-7-9-11-13-15-17-19-20-21-22-23-24-25-26-27-28-30-32-34-36-38-40-42-44-48(52)49-46(45-50)47(51)43-41-39-37-35-33-31-29-18-16-14-12-10-8-6-4-2/h21-22,24-25,33,35,41,43,46-47,50-51H,3-20,23,26-32,34,36-40,42,44-45H2,1-2H3,(H,49,52)/b22-21-,25-24-,35-33+,43-41+. The highest BCUT2D eigenvalue weighted by Gasteiger charge is 2.17. The SMILES string of the molecule is CCCCCCCCCCC/C=C\C/C=C\CCCCCCCCCCCC(=O)NC(CO)C(O)/C=C/CC/C=C/CCCCCCCCCCC. The van der Waals surface area contributed by atoms with Crippen LogP contribution in [0.5, 0.6) is 0 Å². The lowest BCUT2D eigenvalue weighted by Crippen LogP contribution is -2.45. The Morgan fingerprint density at radius 2 is 0.808 bits per heavy atom. The van der Waals surface area contributed by atoms with E-state index < -0.39 is 12.1 Å². The summed E-state index contributed by atoms with van der Waals surface area (Å²) in [5.74, 6) is -0.0786. The number of carbonyl (C=O) groups is 1. The number of aliphatic hydroxyl groups excluding tert-OH is 2. The number of hydrogen-bond donors (Lipinski definition) is 3. The lowest BCUT2D eigenvalue weighted by molar-refractivity contribution is -0.123. The van der Waals surface area contributed by atoms with Crippen molar-refractivity contribution >= 4 is 5.91 Å². The minimum Gasteiger partial charge on any atom is -0.394 e. The third-order valence-electron chi connectivity index (χ3n) is 10.3. The summed E-state index contributed by atoms with van der Waals surface area (Å²) in [6.07, 6.45) is 59.4. The van der Waals surface area contributed by atoms with Crippen LogP contribution in [0.25, 0.3) is 0 Å². The number of nitrogens with one attached hydrogen (secondary N) is 1. The molecule has 0 aliphatic rings. The summed E-state index contributed by atoms with van der Waals surface area (Å²) in [5, 5.41) is 23.0. The third-order valence-corrected chi connectivity index (χ3v) is 10.3. The molecule has 4 heteroatoms. The van der Waals surface area contributed by atoms with E-state index in [-0.39, 0.29) is 12.5 Å². The van der Waals surface area contributed by atoms with Crippen LogP contribution < -0.4 is 5.32 Å². The van der Waals surface area contributed by atoms with Crippen LogP contribution in [0.1, 0.15) is 232 Å². The predicted molar refractivity (Wildman–Crippen MR) is 230 cm³/mol. The van der Waals surface area contributed by atoms with Crippen LogP contribution in [0.4, 0.5) is 0 Å². The number of amides is 1. The summed E-state index contributed by atoms with van der Waals surface area (Å²) in [7, 11) is 0. The molecule has 0 aliphatic heterocycles. The van der Waals surface area contributed by atoms with Crippen molar-refractivity contribution in [2.45, 2.75) is 244 Å². The fraction of sp³-hybridized carbons (Fsp3) is 0.812. The normalized spacial score (nSPS) is 13.4. The average Bonchev–Trinajstić information content (AvgIpc) is 3.15. The minimum atomic E-state index is -0.864. The molecule has 1 amide bonds. The van der Waals surface area contributed by atoms with Crippen molar-refractivity contribution in [3.05, 3.63) is 48.6 Å². The monoisotopic (exact) mass is 728 g/mol. The summed E-state index contributed by atoms with van der Waals surface area (Å²) in [6, 6.07) is -0.641. The van der Waals surface area contributed by atoms with Gasteiger partial charge in [0.1, 0.15) is 0 Å². The van der Waals surface area contributed by atoms with E-state index in [0.29, 0.717) is 6.42 Å². The molecule has 304 valence electrons. The van der Waals surface area contributed by atoms with Gasteiger partial charge in [-0.15, -0.1) is 0 Å². The molecule has 0 radical (unpaired) electrons. The molecule has 0 saturated carbocycles. The Hall–Kier alpha value is -1.65. The Kier molecular flexibility index (Phi) is 42.4. The van der Waals surface area contributed by atoms with E-state index >= 15 is 0 Å². The van der Waals surface area contributed by atoms with E-state index in [1.54, 1.807) is 6.08 Å². The number of carbonyl (C=O) groups excluding carboxylic acids is 1. The van der Waals surface area contributed by atoms with Gasteiger partial charge in [-0.3, -0.25) is 4.79 Å². The molecular weight excluding hydrogens is 639 g/mol. The largest absolute Gasteiger partial charge is 0.394 e. The predicted octanol–water partition coefficient (Wildman–Crippen LogP) is 14.4. The Morgan fingerprint density at radius 1 is 0.462 bits per heavy atom. The Bertz CT molecular complexity index is 831. The molecular formula is C48H89NO3. The van der Waals surface area contributed by atoms with E-state index in [1.165, 1.54) is 173 Å². The number of allylic oxidation sites excluding steroid dienone is 7. The molecule has 52 heavy (non-hydrogen) atoms. The van der Waals surface area contributed by atoms with Gasteiger partial charge in [0, 0.05) is 6.42 Å². The first kappa shape index (κ1) is 50.4. The second-order valence-electron chi connectivity index (χ2n) is 15.5. The van der Waals surface area contributed by atoms with Gasteiger partial charge < -0.3 is 15.5 Å². The molecule has 0 bridgehead atoms. The summed E-state index contributed by atoms with van der Waals surface area (Å²) < 4.78 is 0. The molecule has 0 rings (SSSR count). The number of unbranched alkanes of at least 4 members (excludes halogenated alkanes) is 28. The van der Waals surface area contributed by atoms with Crippen molar-refractivity contribution < 1.29 is 15.0 Å². The smallest absolute Gasteiger partial charge is 0.220 e. The molecule has 0 aliphatic carbocycles. The Labute approximate surface area is 324 Å². The minimum absolute atomic E-state index is 0.0786. The van der Waals surface area contributed by atoms with E-state index in [0.717, 1.165) is 38.5 Å². The maximum Gasteiger partial charge on any atom is 0.220 e. The summed E-state index contributed by atoms with van der Waals surface area (Å²) in [5.41, 5.74) is 0. The zero-order valence-corrected chi connectivity index (χ0v) is 34.8. The van der Waals surface area contributed by atoms with Crippen molar-refractivity contribution in [3.8, 4) is 0 Å². The van der Waals surface area contributed by atoms with Gasteiger partial charge in [-0.2, -0.15) is 0 Å². The van der Waals surface area contributed by atoms with E-state index in [9.17, 15) is 15.0 Å². The zero-order valence-electron chi connectivity index (χ0n) is 34.8. The molecule has 3 N–H and O–H groups in total. The lowest BCUT2D eigenvalue weighted by Gasteiger charge is -2.19. The fourth-order valence-electron chi connectivity index (χ4n) is 6.75. The average molecular weight is 728 g/mol. The van der Waals surface area contributed by atoms with Gasteiger partial charge in [-0.1, -0.05) is 210 Å². The van der Waals surface area contributed by atoms with Gasteiger partial charge in [0.05, 0.1) is 18.8 Å². The molecule has 0 aromatic carbocycles. The van der Waals surface area contributed by atoms with Gasteiger partial charge in [0.25, 0.3) is 0 Å². The molecule has 2 atom stereocenters. The second kappa shape index (κ2) is 43.8. The lowest BCUT2D eigenvalue weighted by atomic mass is 10.1. The highest BCUT2D eigenvalue weighted by Crippen LogP contribution is 2.14. The zero-order chi connectivity index (χ0) is 37.8. The van der Waals surface area contributed by atoms with Crippen molar-refractivity contribution in [1.82, 2.24) is 5.32 Å². The molecule has 0 aromatic heterocycles. The summed E-state index contributed by atoms with van der Waals surface area (Å²) in [6.45, 7) is 4.29. The van der Waals surface area contributed by atoms with Crippen molar-refractivity contribution in [3.63, 3.8) is 0 Å². The van der Waals surface area contributed by atoms with E-state index in [4.69, 9.17) is 0 Å². The van der Waals surface area contributed by atoms with Gasteiger partial charge >= 0.3 is 0 Å². The maximum absolute atomic E-state index is 12.4. The summed E-state index contributed by atoms with van der Waals surface area (Å²) in [4.78, 5) is 12.4. The molecule has 0 spiro atoms. The Balaban J connectivity index is 3.59. The first-order chi connectivity index (χ1) is 25.7. The van der Waals surface area contributed by atoms with Crippen molar-refractivity contribution in [1.29, 1.82) is 0 Å². The second-order valence-corrected chi connectivity index (χ2v) is 15.5. The van der Waals surface area contributed by atoms with Gasteiger partial charge in [0.15, 0.2) is 0 Å². The van der Waals surface area contributed by atoms with Crippen LogP contribution in [-0.2, 0) is 4.79 Å². The molecule has 0 saturated heterocycles. The van der Waals surface area contributed by atoms with E-state index in [2.05, 4.69) is 55.6 Å². The van der Waals surface area contributed by atoms with Crippen molar-refractivity contribution in [2.75, 3.05) is 6.61 Å². The number of rotatable bonds is 41. The highest BCUT2D eigenvalue weighted by atomic mass is 16.3. The summed E-state index contributed by atoms with van der Waals surface area (Å²) >= 11 is 0. The van der Waals surface area contributed by atoms with Gasteiger partial charge in [0.2, 0.25) is 5.91 Å². The maximum atomic E-state index is 12.4. The van der Waals surface area contributed by atoms with Crippen molar-refractivity contribution in [2.24, 2.45) is 0 Å². The van der Waals surface area contributed by atoms with Crippen LogP contribution in [0.3, 0.4) is 0 Å². The number of hydrogen-bond acceptors (Lipinski definition) is 3. The molecule has 0 aromatic rings. The van der Waals surface area contributed by atoms with Gasteiger partial charge in [-0.05, 0) is 64.2 Å². The Morgan fingerprint density at radius 3 is 1.23 bits per heavy atom. The quantitative estimate of drug-likeness (QED) is 0.0434. The first-order valence-electron chi connectivity index (χ1n) is 22.9. The van der Waals surface area contributed by atoms with Crippen LogP contribution in [-0.4, -0.2) is 34.9 Å².